The second kappa shape index (κ2) is 8.17. The van der Waals surface area contributed by atoms with Crippen LogP contribution < -0.4 is 4.74 Å². The number of sulfonamides is 1. The minimum Gasteiger partial charge on any atom is -0.497 e. The van der Waals surface area contributed by atoms with E-state index < -0.39 is 15.6 Å². The molecule has 0 bridgehead atoms. The maximum atomic E-state index is 13.0. The average molecular weight is 423 g/mol. The molecule has 3 fully saturated rings. The summed E-state index contributed by atoms with van der Waals surface area (Å²) in [5, 5.41) is 11.1. The highest BCUT2D eigenvalue weighted by Crippen LogP contribution is 2.48. The Labute approximate surface area is 174 Å². The molecule has 7 heteroatoms. The maximum absolute atomic E-state index is 13.0. The first kappa shape index (κ1) is 21.1. The summed E-state index contributed by atoms with van der Waals surface area (Å²) >= 11 is 0. The van der Waals surface area contributed by atoms with Gasteiger partial charge >= 0.3 is 0 Å². The standard InChI is InChI=1S/C22H34N2O4S/c1-28-19-4-6-20(7-5-19)29(26,27)24-16-12-21(13-17-24)8-10-22(25,11-9-21)18-23-14-2-3-15-23/h4-7,25H,2-3,8-18H2,1H3. The summed E-state index contributed by atoms with van der Waals surface area (Å²) in [6, 6.07) is 6.64. The van der Waals surface area contributed by atoms with E-state index in [9.17, 15) is 13.5 Å². The Morgan fingerprint density at radius 1 is 0.931 bits per heavy atom. The Morgan fingerprint density at radius 3 is 2.07 bits per heavy atom. The number of benzene rings is 1. The zero-order valence-electron chi connectivity index (χ0n) is 17.5. The Hall–Kier alpha value is -1.15. The van der Waals surface area contributed by atoms with Crippen molar-refractivity contribution in [3.05, 3.63) is 24.3 Å². The minimum absolute atomic E-state index is 0.198. The van der Waals surface area contributed by atoms with Crippen LogP contribution in [0.2, 0.25) is 0 Å². The number of rotatable bonds is 5. The number of ether oxygens (including phenoxy) is 1. The third kappa shape index (κ3) is 4.48. The van der Waals surface area contributed by atoms with E-state index in [1.54, 1.807) is 35.7 Å². The highest BCUT2D eigenvalue weighted by atomic mass is 32.2. The molecule has 0 radical (unpaired) electrons. The molecule has 3 aliphatic rings. The van der Waals surface area contributed by atoms with Crippen LogP contribution in [0.5, 0.6) is 5.75 Å². The molecule has 4 rings (SSSR count). The minimum atomic E-state index is -3.46. The number of hydrogen-bond acceptors (Lipinski definition) is 5. The summed E-state index contributed by atoms with van der Waals surface area (Å²) in [6.45, 7) is 4.18. The van der Waals surface area contributed by atoms with Crippen molar-refractivity contribution >= 4 is 10.0 Å². The summed E-state index contributed by atoms with van der Waals surface area (Å²) in [4.78, 5) is 2.74. The lowest BCUT2D eigenvalue weighted by Crippen LogP contribution is -2.50. The van der Waals surface area contributed by atoms with Crippen LogP contribution >= 0.6 is 0 Å². The number of hydrogen-bond donors (Lipinski definition) is 1. The lowest BCUT2D eigenvalue weighted by atomic mass is 9.64. The summed E-state index contributed by atoms with van der Waals surface area (Å²) in [5.41, 5.74) is -0.356. The molecule has 0 amide bonds. The molecule has 162 valence electrons. The van der Waals surface area contributed by atoms with Crippen LogP contribution in [0, 0.1) is 5.41 Å². The van der Waals surface area contributed by atoms with Gasteiger partial charge in [-0.15, -0.1) is 0 Å². The molecule has 29 heavy (non-hydrogen) atoms. The van der Waals surface area contributed by atoms with Gasteiger partial charge in [-0.05, 0) is 94.1 Å². The van der Waals surface area contributed by atoms with Gasteiger partial charge in [-0.25, -0.2) is 8.42 Å². The zero-order chi connectivity index (χ0) is 20.5. The number of piperidine rings is 1. The molecule has 6 nitrogen and oxygen atoms in total. The van der Waals surface area contributed by atoms with Crippen LogP contribution in [0.3, 0.4) is 0 Å². The van der Waals surface area contributed by atoms with Gasteiger partial charge in [0.05, 0.1) is 17.6 Å². The molecular weight excluding hydrogens is 388 g/mol. The highest BCUT2D eigenvalue weighted by molar-refractivity contribution is 7.89. The second-order valence-corrected chi connectivity index (χ2v) is 11.2. The molecule has 1 aromatic rings. The third-order valence-electron chi connectivity index (χ3n) is 7.44. The van der Waals surface area contributed by atoms with E-state index >= 15 is 0 Å². The van der Waals surface area contributed by atoms with Gasteiger partial charge in [-0.2, -0.15) is 4.31 Å². The SMILES string of the molecule is COc1ccc(S(=O)(=O)N2CCC3(CC2)CCC(O)(CN2CCCC2)CC3)cc1. The Bertz CT molecular complexity index is 785. The molecular formula is C22H34N2O4S. The van der Waals surface area contributed by atoms with Crippen LogP contribution in [0.4, 0.5) is 0 Å². The van der Waals surface area contributed by atoms with Crippen molar-refractivity contribution in [2.75, 3.05) is 39.8 Å². The number of β-amino-alcohol motifs (C(OH)–C–C–N with tert-alkyl or cyclic N) is 1. The van der Waals surface area contributed by atoms with Crippen molar-refractivity contribution in [1.29, 1.82) is 0 Å². The lowest BCUT2D eigenvalue weighted by Gasteiger charge is -2.48. The molecule has 0 atom stereocenters. The van der Waals surface area contributed by atoms with Crippen LogP contribution in [-0.2, 0) is 10.0 Å². The van der Waals surface area contributed by atoms with Gasteiger partial charge in [0.2, 0.25) is 10.0 Å². The molecule has 1 spiro atoms. The van der Waals surface area contributed by atoms with E-state index in [0.717, 1.165) is 58.2 Å². The van der Waals surface area contributed by atoms with E-state index in [4.69, 9.17) is 4.74 Å². The van der Waals surface area contributed by atoms with Crippen molar-refractivity contribution < 1.29 is 18.3 Å². The molecule has 0 aromatic heterocycles. The Morgan fingerprint density at radius 2 is 1.52 bits per heavy atom. The fraction of sp³-hybridized carbons (Fsp3) is 0.727. The van der Waals surface area contributed by atoms with Crippen molar-refractivity contribution in [2.24, 2.45) is 5.41 Å². The molecule has 1 aliphatic carbocycles. The summed E-state index contributed by atoms with van der Waals surface area (Å²) in [5.74, 6) is 0.658. The largest absolute Gasteiger partial charge is 0.497 e. The average Bonchev–Trinajstić information content (AvgIpc) is 3.24. The van der Waals surface area contributed by atoms with Crippen molar-refractivity contribution in [1.82, 2.24) is 9.21 Å². The molecule has 0 unspecified atom stereocenters. The van der Waals surface area contributed by atoms with Crippen LogP contribution in [0.1, 0.15) is 51.4 Å². The molecule has 2 heterocycles. The van der Waals surface area contributed by atoms with Gasteiger partial charge in [0.15, 0.2) is 0 Å². The monoisotopic (exact) mass is 422 g/mol. The number of aliphatic hydroxyl groups is 1. The Balaban J connectivity index is 1.34. The summed E-state index contributed by atoms with van der Waals surface area (Å²) in [7, 11) is -1.89. The molecule has 1 N–H and O–H groups in total. The lowest BCUT2D eigenvalue weighted by molar-refractivity contribution is -0.0625. The third-order valence-corrected chi connectivity index (χ3v) is 9.35. The van der Waals surface area contributed by atoms with Crippen molar-refractivity contribution in [3.63, 3.8) is 0 Å². The first-order valence-electron chi connectivity index (χ1n) is 10.9. The van der Waals surface area contributed by atoms with E-state index in [2.05, 4.69) is 4.90 Å². The summed E-state index contributed by atoms with van der Waals surface area (Å²) < 4.78 is 32.7. The van der Waals surface area contributed by atoms with Gasteiger partial charge in [-0.3, -0.25) is 0 Å². The Kier molecular flexibility index (Phi) is 5.95. The van der Waals surface area contributed by atoms with Crippen LogP contribution in [0.15, 0.2) is 29.2 Å². The predicted octanol–water partition coefficient (Wildman–Crippen LogP) is 2.87. The fourth-order valence-electron chi connectivity index (χ4n) is 5.36. The zero-order valence-corrected chi connectivity index (χ0v) is 18.3. The normalized spacial score (nSPS) is 25.3. The van der Waals surface area contributed by atoms with Gasteiger partial charge < -0.3 is 14.7 Å². The van der Waals surface area contributed by atoms with Crippen molar-refractivity contribution in [3.8, 4) is 5.75 Å². The van der Waals surface area contributed by atoms with E-state index in [0.29, 0.717) is 23.7 Å². The smallest absolute Gasteiger partial charge is 0.243 e. The fourth-order valence-corrected chi connectivity index (χ4v) is 6.80. The quantitative estimate of drug-likeness (QED) is 0.790. The number of methoxy groups -OCH3 is 1. The first-order chi connectivity index (χ1) is 13.8. The number of nitrogens with zero attached hydrogens (tertiary/aromatic N) is 2. The molecule has 1 saturated carbocycles. The first-order valence-corrected chi connectivity index (χ1v) is 12.4. The molecule has 2 aliphatic heterocycles. The second-order valence-electron chi connectivity index (χ2n) is 9.29. The van der Waals surface area contributed by atoms with E-state index in [1.807, 2.05) is 0 Å². The van der Waals surface area contributed by atoms with E-state index in [-0.39, 0.29) is 5.41 Å². The summed E-state index contributed by atoms with van der Waals surface area (Å²) in [6.07, 6.45) is 7.98. The van der Waals surface area contributed by atoms with E-state index in [1.165, 1.54) is 12.8 Å². The van der Waals surface area contributed by atoms with Gasteiger partial charge in [-0.1, -0.05) is 0 Å². The van der Waals surface area contributed by atoms with Gasteiger partial charge in [0, 0.05) is 19.6 Å². The van der Waals surface area contributed by atoms with Crippen molar-refractivity contribution in [2.45, 2.75) is 61.9 Å². The molecule has 1 aromatic carbocycles. The number of likely N-dealkylation sites (tertiary alicyclic amines) is 1. The molecule has 2 saturated heterocycles. The highest BCUT2D eigenvalue weighted by Gasteiger charge is 2.45. The van der Waals surface area contributed by atoms with Gasteiger partial charge in [0.1, 0.15) is 5.75 Å². The topological polar surface area (TPSA) is 70.1 Å². The van der Waals surface area contributed by atoms with Crippen LogP contribution in [-0.4, -0.2) is 68.2 Å². The van der Waals surface area contributed by atoms with Gasteiger partial charge in [0.25, 0.3) is 0 Å². The maximum Gasteiger partial charge on any atom is 0.243 e. The predicted molar refractivity (Wildman–Crippen MR) is 113 cm³/mol. The van der Waals surface area contributed by atoms with Crippen LogP contribution in [0.25, 0.3) is 0 Å².